The first kappa shape index (κ1) is 15.1. The highest BCUT2D eigenvalue weighted by molar-refractivity contribution is 8.13. The number of hydrogen-bond donors (Lipinski definition) is 0. The first-order valence-electron chi connectivity index (χ1n) is 5.45. The van der Waals surface area contributed by atoms with Crippen molar-refractivity contribution < 1.29 is 19.1 Å². The van der Waals surface area contributed by atoms with Crippen LogP contribution < -0.4 is 9.47 Å². The molecule has 5 heteroatoms. The van der Waals surface area contributed by atoms with Gasteiger partial charge in [0.25, 0.3) is 0 Å². The number of carbonyl (C=O) groups excluding carboxylic acids is 2. The lowest BCUT2D eigenvalue weighted by molar-refractivity contribution is -0.109. The molecule has 0 unspecified atom stereocenters. The molecule has 19 heavy (non-hydrogen) atoms. The largest absolute Gasteiger partial charge is 0.495 e. The van der Waals surface area contributed by atoms with Crippen LogP contribution in [0.15, 0.2) is 12.1 Å². The first-order valence-corrected chi connectivity index (χ1v) is 6.44. The fourth-order valence-electron chi connectivity index (χ4n) is 1.39. The van der Waals surface area contributed by atoms with Gasteiger partial charge in [-0.1, -0.05) is 23.6 Å². The van der Waals surface area contributed by atoms with Gasteiger partial charge in [-0.3, -0.25) is 9.59 Å². The SMILES string of the molecule is COc1cc(C=O)cc(OC)c1C#CCSC(C)=O. The van der Waals surface area contributed by atoms with Crippen molar-refractivity contribution >= 4 is 23.2 Å². The molecule has 1 aromatic carbocycles. The van der Waals surface area contributed by atoms with Crippen LogP contribution in [0.25, 0.3) is 0 Å². The Morgan fingerprint density at radius 1 is 1.32 bits per heavy atom. The van der Waals surface area contributed by atoms with Crippen molar-refractivity contribution in [3.63, 3.8) is 0 Å². The Morgan fingerprint density at radius 3 is 2.32 bits per heavy atom. The maximum Gasteiger partial charge on any atom is 0.186 e. The molecule has 1 rings (SSSR count). The molecule has 0 heterocycles. The standard InChI is InChI=1S/C14H14O4S/c1-10(16)19-6-4-5-12-13(17-2)7-11(9-15)8-14(12)18-3/h7-9H,6H2,1-3H3. The highest BCUT2D eigenvalue weighted by Gasteiger charge is 2.10. The molecule has 100 valence electrons. The molecule has 0 aliphatic rings. The molecule has 0 saturated heterocycles. The van der Waals surface area contributed by atoms with Crippen LogP contribution in [0.5, 0.6) is 11.5 Å². The van der Waals surface area contributed by atoms with Crippen LogP contribution in [-0.4, -0.2) is 31.4 Å². The number of aldehydes is 1. The Bertz CT molecular complexity index is 515. The molecule has 0 spiro atoms. The number of hydrogen-bond acceptors (Lipinski definition) is 5. The lowest BCUT2D eigenvalue weighted by Gasteiger charge is -2.09. The number of thioether (sulfide) groups is 1. The van der Waals surface area contributed by atoms with Gasteiger partial charge in [0.05, 0.1) is 20.0 Å². The van der Waals surface area contributed by atoms with Crippen molar-refractivity contribution in [2.75, 3.05) is 20.0 Å². The predicted octanol–water partition coefficient (Wildman–Crippen LogP) is 2.15. The zero-order valence-corrected chi connectivity index (χ0v) is 11.8. The van der Waals surface area contributed by atoms with Crippen LogP contribution in [0.1, 0.15) is 22.8 Å². The third-order valence-electron chi connectivity index (χ3n) is 2.23. The van der Waals surface area contributed by atoms with E-state index in [1.165, 1.54) is 21.1 Å². The summed E-state index contributed by atoms with van der Waals surface area (Å²) in [4.78, 5) is 21.6. The van der Waals surface area contributed by atoms with Gasteiger partial charge in [0.1, 0.15) is 23.3 Å². The minimum atomic E-state index is 0.0181. The Hall–Kier alpha value is -1.93. The van der Waals surface area contributed by atoms with Gasteiger partial charge < -0.3 is 9.47 Å². The molecule has 0 amide bonds. The van der Waals surface area contributed by atoms with E-state index in [9.17, 15) is 9.59 Å². The highest BCUT2D eigenvalue weighted by Crippen LogP contribution is 2.29. The van der Waals surface area contributed by atoms with Crippen molar-refractivity contribution in [3.8, 4) is 23.3 Å². The monoisotopic (exact) mass is 278 g/mol. The number of ether oxygens (including phenoxy) is 2. The van der Waals surface area contributed by atoms with Crippen LogP contribution in [0.2, 0.25) is 0 Å². The number of rotatable bonds is 4. The van der Waals surface area contributed by atoms with E-state index in [-0.39, 0.29) is 5.12 Å². The maximum absolute atomic E-state index is 10.8. The molecule has 0 saturated carbocycles. The molecule has 0 atom stereocenters. The van der Waals surface area contributed by atoms with Crippen LogP contribution >= 0.6 is 11.8 Å². The van der Waals surface area contributed by atoms with Gasteiger partial charge in [0.15, 0.2) is 5.12 Å². The quantitative estimate of drug-likeness (QED) is 0.624. The summed E-state index contributed by atoms with van der Waals surface area (Å²) in [5.41, 5.74) is 1.03. The summed E-state index contributed by atoms with van der Waals surface area (Å²) in [6, 6.07) is 3.19. The van der Waals surface area contributed by atoms with Crippen molar-refractivity contribution in [1.29, 1.82) is 0 Å². The summed E-state index contributed by atoms with van der Waals surface area (Å²) in [6.07, 6.45) is 0.716. The van der Waals surface area contributed by atoms with Crippen LogP contribution in [0, 0.1) is 11.8 Å². The summed E-state index contributed by atoms with van der Waals surface area (Å²) >= 11 is 1.13. The molecule has 1 aromatic rings. The highest BCUT2D eigenvalue weighted by atomic mass is 32.2. The lowest BCUT2D eigenvalue weighted by atomic mass is 10.1. The smallest absolute Gasteiger partial charge is 0.186 e. The third-order valence-corrected chi connectivity index (χ3v) is 2.92. The molecule has 0 radical (unpaired) electrons. The van der Waals surface area contributed by atoms with Gasteiger partial charge in [-0.05, 0) is 12.1 Å². The van der Waals surface area contributed by atoms with Crippen LogP contribution in [0.3, 0.4) is 0 Å². The molecule has 0 aromatic heterocycles. The van der Waals surface area contributed by atoms with Crippen molar-refractivity contribution in [3.05, 3.63) is 23.3 Å². The van der Waals surface area contributed by atoms with Gasteiger partial charge in [0.2, 0.25) is 0 Å². The van der Waals surface area contributed by atoms with Gasteiger partial charge >= 0.3 is 0 Å². The molecule has 0 fully saturated rings. The van der Waals surface area contributed by atoms with Gasteiger partial charge in [-0.2, -0.15) is 0 Å². The van der Waals surface area contributed by atoms with Gasteiger partial charge in [-0.25, -0.2) is 0 Å². The Kier molecular flexibility index (Phi) is 5.97. The topological polar surface area (TPSA) is 52.6 Å². The molecule has 0 aliphatic heterocycles. The fraction of sp³-hybridized carbons (Fsp3) is 0.286. The van der Waals surface area contributed by atoms with E-state index in [2.05, 4.69) is 11.8 Å². The van der Waals surface area contributed by atoms with E-state index in [0.29, 0.717) is 34.7 Å². The molecule has 0 aliphatic carbocycles. The number of methoxy groups -OCH3 is 2. The Labute approximate surface area is 116 Å². The average molecular weight is 278 g/mol. The minimum absolute atomic E-state index is 0.0181. The lowest BCUT2D eigenvalue weighted by Crippen LogP contribution is -1.96. The van der Waals surface area contributed by atoms with E-state index < -0.39 is 0 Å². The van der Waals surface area contributed by atoms with E-state index >= 15 is 0 Å². The van der Waals surface area contributed by atoms with Gasteiger partial charge in [0, 0.05) is 12.5 Å². The number of benzene rings is 1. The zero-order valence-electron chi connectivity index (χ0n) is 11.0. The molecule has 0 bridgehead atoms. The normalized spacial score (nSPS) is 9.21. The number of carbonyl (C=O) groups is 2. The summed E-state index contributed by atoms with van der Waals surface area (Å²) in [5.74, 6) is 7.11. The third kappa shape index (κ3) is 4.34. The zero-order chi connectivity index (χ0) is 14.3. The van der Waals surface area contributed by atoms with Crippen molar-refractivity contribution in [2.45, 2.75) is 6.92 Å². The Morgan fingerprint density at radius 2 is 1.89 bits per heavy atom. The van der Waals surface area contributed by atoms with Crippen LogP contribution in [-0.2, 0) is 4.79 Å². The summed E-state index contributed by atoms with van der Waals surface area (Å²) in [5, 5.41) is 0.0181. The molecular formula is C14H14O4S. The molecule has 4 nitrogen and oxygen atoms in total. The summed E-state index contributed by atoms with van der Waals surface area (Å²) in [7, 11) is 3.00. The predicted molar refractivity (Wildman–Crippen MR) is 75.0 cm³/mol. The second-order valence-corrected chi connectivity index (χ2v) is 4.65. The van der Waals surface area contributed by atoms with E-state index in [1.807, 2.05) is 0 Å². The van der Waals surface area contributed by atoms with Crippen molar-refractivity contribution in [1.82, 2.24) is 0 Å². The van der Waals surface area contributed by atoms with Crippen LogP contribution in [0.4, 0.5) is 0 Å². The van der Waals surface area contributed by atoms with Gasteiger partial charge in [-0.15, -0.1) is 0 Å². The Balaban J connectivity index is 3.09. The minimum Gasteiger partial charge on any atom is -0.495 e. The summed E-state index contributed by atoms with van der Waals surface area (Å²) in [6.45, 7) is 1.49. The van der Waals surface area contributed by atoms with E-state index in [4.69, 9.17) is 9.47 Å². The van der Waals surface area contributed by atoms with Crippen molar-refractivity contribution in [2.24, 2.45) is 0 Å². The van der Waals surface area contributed by atoms with E-state index in [1.54, 1.807) is 12.1 Å². The second-order valence-electron chi connectivity index (χ2n) is 3.50. The molecule has 0 N–H and O–H groups in total. The fourth-order valence-corrected chi connectivity index (χ4v) is 1.73. The molecular weight excluding hydrogens is 264 g/mol. The first-order chi connectivity index (χ1) is 9.12. The second kappa shape index (κ2) is 7.49. The summed E-state index contributed by atoms with van der Waals surface area (Å²) < 4.78 is 10.4. The maximum atomic E-state index is 10.8. The van der Waals surface area contributed by atoms with E-state index in [0.717, 1.165) is 11.8 Å². The average Bonchev–Trinajstić information content (AvgIpc) is 2.42.